The number of thiazole rings is 1. The van der Waals surface area contributed by atoms with Crippen molar-refractivity contribution in [3.05, 3.63) is 57.6 Å². The summed E-state index contributed by atoms with van der Waals surface area (Å²) in [5.74, 6) is -0.532. The van der Waals surface area contributed by atoms with Crippen molar-refractivity contribution < 1.29 is 22.6 Å². The van der Waals surface area contributed by atoms with Crippen LogP contribution in [0.1, 0.15) is 34.8 Å². The van der Waals surface area contributed by atoms with E-state index in [0.717, 1.165) is 27.6 Å². The monoisotopic (exact) mass is 527 g/mol. The maximum Gasteiger partial charge on any atom is 0.451 e. The Morgan fingerprint density at radius 1 is 1.26 bits per heavy atom. The first kappa shape index (κ1) is 25.8. The molecule has 3 heterocycles. The number of nitrogens with zero attached hydrogens (tertiary/aromatic N) is 3. The zero-order valence-electron chi connectivity index (χ0n) is 19.2. The van der Waals surface area contributed by atoms with Gasteiger partial charge in [0.05, 0.1) is 11.6 Å². The summed E-state index contributed by atoms with van der Waals surface area (Å²) in [5.41, 5.74) is 2.06. The zero-order chi connectivity index (χ0) is 25.0. The Morgan fingerprint density at radius 3 is 2.66 bits per heavy atom. The van der Waals surface area contributed by atoms with Gasteiger partial charge in [-0.15, -0.1) is 11.3 Å². The zero-order valence-corrected chi connectivity index (χ0v) is 20.7. The van der Waals surface area contributed by atoms with Crippen LogP contribution in [0.25, 0.3) is 10.6 Å². The fraction of sp³-hybridized carbons (Fsp3) is 0.435. The Labute approximate surface area is 210 Å². The number of ether oxygens (including phenoxy) is 2. The maximum atomic E-state index is 12.8. The number of halogens is 4. The van der Waals surface area contributed by atoms with Crippen LogP contribution in [0.15, 0.2) is 30.7 Å². The highest BCUT2D eigenvalue weighted by Gasteiger charge is 2.34. The van der Waals surface area contributed by atoms with Gasteiger partial charge in [0.15, 0.2) is 0 Å². The van der Waals surface area contributed by atoms with Crippen molar-refractivity contribution in [3.63, 3.8) is 0 Å². The topological polar surface area (TPSA) is 81.2 Å². The van der Waals surface area contributed by atoms with E-state index < -0.39 is 12.0 Å². The Kier molecular flexibility index (Phi) is 8.23. The molecule has 1 saturated heterocycles. The van der Waals surface area contributed by atoms with Gasteiger partial charge in [-0.3, -0.25) is 0 Å². The second kappa shape index (κ2) is 11.2. The van der Waals surface area contributed by atoms with Gasteiger partial charge in [-0.25, -0.2) is 15.0 Å². The summed E-state index contributed by atoms with van der Waals surface area (Å²) in [6.45, 7) is 6.70. The van der Waals surface area contributed by atoms with Crippen molar-refractivity contribution in [1.82, 2.24) is 25.6 Å². The molecule has 0 saturated carbocycles. The molecule has 7 nitrogen and oxygen atoms in total. The number of aryl methyl sites for hydroxylation is 1. The number of aromatic nitrogens is 3. The minimum Gasteiger partial charge on any atom is -0.491 e. The average Bonchev–Trinajstić information content (AvgIpc) is 3.28. The van der Waals surface area contributed by atoms with E-state index in [9.17, 15) is 13.2 Å². The van der Waals surface area contributed by atoms with E-state index in [4.69, 9.17) is 21.1 Å². The second-order valence-corrected chi connectivity index (χ2v) is 9.78. The normalized spacial score (nSPS) is 17.4. The van der Waals surface area contributed by atoms with Crippen LogP contribution in [0.4, 0.5) is 13.2 Å². The van der Waals surface area contributed by atoms with E-state index in [1.165, 1.54) is 23.7 Å². The van der Waals surface area contributed by atoms with Gasteiger partial charge in [0.25, 0.3) is 0 Å². The quantitative estimate of drug-likeness (QED) is 0.435. The highest BCUT2D eigenvalue weighted by molar-refractivity contribution is 7.15. The molecule has 35 heavy (non-hydrogen) atoms. The molecule has 1 aliphatic rings. The molecule has 2 atom stereocenters. The van der Waals surface area contributed by atoms with Crippen LogP contribution < -0.4 is 15.4 Å². The minimum atomic E-state index is -4.58. The predicted molar refractivity (Wildman–Crippen MR) is 128 cm³/mol. The number of hydrogen-bond donors (Lipinski definition) is 2. The minimum absolute atomic E-state index is 0.0498. The summed E-state index contributed by atoms with van der Waals surface area (Å²) < 4.78 is 50.0. The Hall–Kier alpha value is -2.31. The Balaban J connectivity index is 1.52. The molecule has 4 rings (SSSR count). The third-order valence-electron chi connectivity index (χ3n) is 5.44. The lowest BCUT2D eigenvalue weighted by Crippen LogP contribution is -2.41. The van der Waals surface area contributed by atoms with Crippen LogP contribution in [0.5, 0.6) is 5.75 Å². The first-order valence-electron chi connectivity index (χ1n) is 11.0. The largest absolute Gasteiger partial charge is 0.491 e. The molecule has 3 aromatic rings. The number of benzene rings is 1. The average molecular weight is 528 g/mol. The van der Waals surface area contributed by atoms with Crippen molar-refractivity contribution in [2.24, 2.45) is 0 Å². The third kappa shape index (κ3) is 6.68. The molecular weight excluding hydrogens is 503 g/mol. The van der Waals surface area contributed by atoms with Crippen molar-refractivity contribution in [3.8, 4) is 16.3 Å². The van der Waals surface area contributed by atoms with Crippen molar-refractivity contribution in [2.75, 3.05) is 26.3 Å². The van der Waals surface area contributed by atoms with Gasteiger partial charge in [0, 0.05) is 60.3 Å². The summed E-state index contributed by atoms with van der Waals surface area (Å²) in [4.78, 5) is 12.4. The number of nitrogens with one attached hydrogen (secondary N) is 2. The van der Waals surface area contributed by atoms with Crippen molar-refractivity contribution >= 4 is 22.9 Å². The number of rotatable bonds is 8. The Bertz CT molecular complexity index is 1140. The van der Waals surface area contributed by atoms with E-state index >= 15 is 0 Å². The molecular formula is C23H25ClF3N5O2S. The van der Waals surface area contributed by atoms with Gasteiger partial charge in [-0.1, -0.05) is 11.6 Å². The van der Waals surface area contributed by atoms with Gasteiger partial charge in [0.2, 0.25) is 5.82 Å². The van der Waals surface area contributed by atoms with Crippen LogP contribution in [0.3, 0.4) is 0 Å². The molecule has 0 amide bonds. The highest BCUT2D eigenvalue weighted by Crippen LogP contribution is 2.37. The molecule has 0 spiro atoms. The maximum absolute atomic E-state index is 12.8. The van der Waals surface area contributed by atoms with Crippen LogP contribution in [-0.2, 0) is 17.5 Å². The summed E-state index contributed by atoms with van der Waals surface area (Å²) in [6.07, 6.45) is -0.485. The number of hydrogen-bond acceptors (Lipinski definition) is 8. The summed E-state index contributed by atoms with van der Waals surface area (Å²) in [5, 5.41) is 7.86. The van der Waals surface area contributed by atoms with Crippen molar-refractivity contribution in [2.45, 2.75) is 38.7 Å². The van der Waals surface area contributed by atoms with E-state index in [-0.39, 0.29) is 12.1 Å². The van der Waals surface area contributed by atoms with Gasteiger partial charge >= 0.3 is 6.18 Å². The molecule has 0 radical (unpaired) electrons. The smallest absolute Gasteiger partial charge is 0.451 e. The number of morpholine rings is 1. The standard InChI is InChI=1S/C23H25ClF3N5O2S/c1-13-7-30-21(35-13)19-6-17(34-12-18-11-28-3-4-33-18)5-15(20(19)24)8-29-14(2)16-9-31-22(32-10-16)23(25,26)27/h5-7,9-10,14,18,28-29H,3-4,8,11-12H2,1-2H3/t14-,18-/m1/s1. The lowest BCUT2D eigenvalue weighted by atomic mass is 10.1. The molecule has 1 aliphatic heterocycles. The third-order valence-corrected chi connectivity index (χ3v) is 6.83. The van der Waals surface area contributed by atoms with E-state index in [0.29, 0.717) is 42.6 Å². The molecule has 0 bridgehead atoms. The van der Waals surface area contributed by atoms with Gasteiger partial charge in [0.1, 0.15) is 23.5 Å². The van der Waals surface area contributed by atoms with Crippen LogP contribution in [0, 0.1) is 6.92 Å². The summed E-state index contributed by atoms with van der Waals surface area (Å²) in [6, 6.07) is 3.41. The molecule has 1 aromatic carbocycles. The van der Waals surface area contributed by atoms with E-state index in [2.05, 4.69) is 25.6 Å². The first-order valence-corrected chi connectivity index (χ1v) is 12.2. The molecule has 0 unspecified atom stereocenters. The SMILES string of the molecule is Cc1cnc(-c2cc(OC[C@H]3CNCCO3)cc(CN[C@H](C)c3cnc(C(F)(F)F)nc3)c2Cl)s1. The van der Waals surface area contributed by atoms with Crippen LogP contribution in [0.2, 0.25) is 5.02 Å². The molecule has 12 heteroatoms. The van der Waals surface area contributed by atoms with Gasteiger partial charge in [-0.2, -0.15) is 13.2 Å². The van der Waals surface area contributed by atoms with Crippen molar-refractivity contribution in [1.29, 1.82) is 0 Å². The Morgan fingerprint density at radius 2 is 2.03 bits per heavy atom. The molecule has 0 aliphatic carbocycles. The second-order valence-electron chi connectivity index (χ2n) is 8.17. The van der Waals surface area contributed by atoms with Gasteiger partial charge in [-0.05, 0) is 31.5 Å². The lowest BCUT2D eigenvalue weighted by Gasteiger charge is -2.24. The lowest BCUT2D eigenvalue weighted by molar-refractivity contribution is -0.145. The van der Waals surface area contributed by atoms with Crippen LogP contribution >= 0.6 is 22.9 Å². The molecule has 2 N–H and O–H groups in total. The van der Waals surface area contributed by atoms with E-state index in [1.54, 1.807) is 6.20 Å². The fourth-order valence-electron chi connectivity index (χ4n) is 3.51. The predicted octanol–water partition coefficient (Wildman–Crippen LogP) is 4.80. The first-order chi connectivity index (χ1) is 16.7. The number of alkyl halides is 3. The van der Waals surface area contributed by atoms with Crippen LogP contribution in [-0.4, -0.2) is 47.4 Å². The summed E-state index contributed by atoms with van der Waals surface area (Å²) in [7, 11) is 0. The fourth-order valence-corrected chi connectivity index (χ4v) is 4.62. The van der Waals surface area contributed by atoms with Gasteiger partial charge < -0.3 is 20.1 Å². The molecule has 1 fully saturated rings. The molecule has 188 valence electrons. The highest BCUT2D eigenvalue weighted by atomic mass is 35.5. The van der Waals surface area contributed by atoms with E-state index in [1.807, 2.05) is 26.0 Å². The summed E-state index contributed by atoms with van der Waals surface area (Å²) >= 11 is 8.29. The molecule has 2 aromatic heterocycles.